The molecule has 10 heteroatoms. The maximum absolute atomic E-state index is 14.0. The summed E-state index contributed by atoms with van der Waals surface area (Å²) in [5.74, 6) is -3.69. The summed E-state index contributed by atoms with van der Waals surface area (Å²) in [5.41, 5.74) is -0.671. The zero-order valence-electron chi connectivity index (χ0n) is 14.7. The van der Waals surface area contributed by atoms with E-state index in [0.717, 1.165) is 22.9 Å². The Labute approximate surface area is 171 Å². The number of nitrogens with zero attached hydrogens (tertiary/aromatic N) is 1. The van der Waals surface area contributed by atoms with Crippen LogP contribution in [0.2, 0.25) is 0 Å². The Kier molecular flexibility index (Phi) is 5.92. The Morgan fingerprint density at radius 3 is 2.55 bits per heavy atom. The van der Waals surface area contributed by atoms with Crippen molar-refractivity contribution < 1.29 is 23.5 Å². The fourth-order valence-electron chi connectivity index (χ4n) is 2.76. The molecule has 0 saturated heterocycles. The first-order valence-electron chi connectivity index (χ1n) is 8.31. The van der Waals surface area contributed by atoms with E-state index in [-0.39, 0.29) is 11.4 Å². The van der Waals surface area contributed by atoms with E-state index in [9.17, 15) is 23.2 Å². The number of carboxylic acids is 1. The van der Waals surface area contributed by atoms with Crippen LogP contribution in [-0.4, -0.2) is 26.8 Å². The summed E-state index contributed by atoms with van der Waals surface area (Å²) < 4.78 is 28.4. The average Bonchev–Trinajstić information content (AvgIpc) is 3.03. The number of hydrogen-bond acceptors (Lipinski definition) is 3. The molecule has 3 rings (SSSR count). The minimum Gasteiger partial charge on any atom is -0.481 e. The van der Waals surface area contributed by atoms with E-state index in [1.807, 2.05) is 0 Å². The van der Waals surface area contributed by atoms with Gasteiger partial charge in [-0.05, 0) is 23.8 Å². The number of rotatable bonds is 6. The predicted molar refractivity (Wildman–Crippen MR) is 103 cm³/mol. The molecule has 0 spiro atoms. The van der Waals surface area contributed by atoms with Crippen LogP contribution in [0.1, 0.15) is 28.5 Å². The summed E-state index contributed by atoms with van der Waals surface area (Å²) in [6.45, 7) is 0. The average molecular weight is 466 g/mol. The third kappa shape index (κ3) is 4.60. The number of aromatic nitrogens is 2. The molecule has 3 aromatic rings. The number of carbonyl (C=O) groups excluding carboxylic acids is 1. The summed E-state index contributed by atoms with van der Waals surface area (Å²) in [5, 5.41) is 14.2. The van der Waals surface area contributed by atoms with Crippen LogP contribution in [0.25, 0.3) is 5.69 Å². The van der Waals surface area contributed by atoms with E-state index >= 15 is 0 Å². The fourth-order valence-corrected chi connectivity index (χ4v) is 3.32. The van der Waals surface area contributed by atoms with Crippen molar-refractivity contribution in [3.8, 4) is 5.69 Å². The van der Waals surface area contributed by atoms with E-state index in [2.05, 4.69) is 26.3 Å². The van der Waals surface area contributed by atoms with Crippen LogP contribution in [0.15, 0.2) is 57.8 Å². The first-order chi connectivity index (χ1) is 13.8. The zero-order chi connectivity index (χ0) is 21.1. The Balaban J connectivity index is 1.90. The molecule has 1 amide bonds. The van der Waals surface area contributed by atoms with Crippen LogP contribution in [0.3, 0.4) is 0 Å². The molecule has 2 aromatic carbocycles. The molecule has 3 N–H and O–H groups in total. The van der Waals surface area contributed by atoms with Crippen molar-refractivity contribution in [1.29, 1.82) is 0 Å². The van der Waals surface area contributed by atoms with Crippen LogP contribution in [0.4, 0.5) is 8.78 Å². The lowest BCUT2D eigenvalue weighted by atomic mass is 10.0. The molecule has 1 atom stereocenters. The molecule has 0 unspecified atom stereocenters. The minimum absolute atomic E-state index is 0.207. The molecular weight excluding hydrogens is 452 g/mol. The van der Waals surface area contributed by atoms with E-state index in [4.69, 9.17) is 5.11 Å². The van der Waals surface area contributed by atoms with Crippen molar-refractivity contribution in [2.45, 2.75) is 12.5 Å². The van der Waals surface area contributed by atoms with Crippen molar-refractivity contribution in [2.75, 3.05) is 0 Å². The molecule has 0 aliphatic heterocycles. The van der Waals surface area contributed by atoms with Gasteiger partial charge in [-0.2, -0.15) is 0 Å². The highest BCUT2D eigenvalue weighted by molar-refractivity contribution is 9.10. The van der Waals surface area contributed by atoms with Crippen molar-refractivity contribution >= 4 is 27.8 Å². The van der Waals surface area contributed by atoms with Gasteiger partial charge in [0.25, 0.3) is 11.5 Å². The number of aliphatic carboxylic acids is 1. The van der Waals surface area contributed by atoms with Gasteiger partial charge in [-0.15, -0.1) is 0 Å². The second-order valence-electron chi connectivity index (χ2n) is 6.08. The van der Waals surface area contributed by atoms with Crippen molar-refractivity contribution in [3.63, 3.8) is 0 Å². The van der Waals surface area contributed by atoms with Gasteiger partial charge in [0, 0.05) is 16.6 Å². The molecule has 0 radical (unpaired) electrons. The Bertz CT molecular complexity index is 1140. The van der Waals surface area contributed by atoms with Gasteiger partial charge in [0.05, 0.1) is 12.5 Å². The summed E-state index contributed by atoms with van der Waals surface area (Å²) in [6, 6.07) is 9.48. The Morgan fingerprint density at radius 1 is 1.17 bits per heavy atom. The lowest BCUT2D eigenvalue weighted by Crippen LogP contribution is -2.30. The molecule has 0 fully saturated rings. The van der Waals surface area contributed by atoms with Crippen LogP contribution in [-0.2, 0) is 4.79 Å². The van der Waals surface area contributed by atoms with Gasteiger partial charge in [-0.1, -0.05) is 34.1 Å². The van der Waals surface area contributed by atoms with Gasteiger partial charge in [-0.3, -0.25) is 19.5 Å². The molecule has 0 aliphatic rings. The number of aromatic amines is 1. The number of carboxylic acid groups (broad SMARTS) is 1. The van der Waals surface area contributed by atoms with E-state index in [0.29, 0.717) is 16.1 Å². The highest BCUT2D eigenvalue weighted by Gasteiger charge is 2.22. The van der Waals surface area contributed by atoms with E-state index < -0.39 is 41.5 Å². The molecule has 1 aromatic heterocycles. The molecule has 0 saturated carbocycles. The summed E-state index contributed by atoms with van der Waals surface area (Å²) in [6.07, 6.45) is -0.397. The molecule has 150 valence electrons. The van der Waals surface area contributed by atoms with Crippen LogP contribution in [0.5, 0.6) is 0 Å². The number of benzene rings is 2. The van der Waals surface area contributed by atoms with Gasteiger partial charge in [0.15, 0.2) is 5.82 Å². The van der Waals surface area contributed by atoms with Crippen LogP contribution >= 0.6 is 15.9 Å². The second-order valence-corrected chi connectivity index (χ2v) is 6.94. The summed E-state index contributed by atoms with van der Waals surface area (Å²) >= 11 is 3.31. The number of amides is 1. The highest BCUT2D eigenvalue weighted by atomic mass is 79.9. The molecule has 0 bridgehead atoms. The number of H-pyrrole nitrogens is 1. The third-order valence-corrected chi connectivity index (χ3v) is 4.80. The molecule has 7 nitrogen and oxygen atoms in total. The van der Waals surface area contributed by atoms with Gasteiger partial charge >= 0.3 is 5.97 Å². The quantitative estimate of drug-likeness (QED) is 0.519. The normalized spacial score (nSPS) is 11.8. The summed E-state index contributed by atoms with van der Waals surface area (Å²) in [4.78, 5) is 36.0. The second kappa shape index (κ2) is 8.39. The first kappa shape index (κ1) is 20.5. The van der Waals surface area contributed by atoms with Gasteiger partial charge < -0.3 is 10.4 Å². The smallest absolute Gasteiger partial charge is 0.305 e. The Hall–Kier alpha value is -3.27. The van der Waals surface area contributed by atoms with Crippen molar-refractivity contribution in [2.24, 2.45) is 0 Å². The molecule has 0 aliphatic carbocycles. The zero-order valence-corrected chi connectivity index (χ0v) is 16.2. The first-order valence-corrected chi connectivity index (χ1v) is 9.10. The third-order valence-electron chi connectivity index (χ3n) is 4.08. The van der Waals surface area contributed by atoms with Crippen molar-refractivity contribution in [3.05, 3.63) is 86.2 Å². The molecule has 1 heterocycles. The minimum atomic E-state index is -1.13. The monoisotopic (exact) mass is 465 g/mol. The number of hydrogen-bond donors (Lipinski definition) is 3. The predicted octanol–water partition coefficient (Wildman–Crippen LogP) is 3.15. The maximum Gasteiger partial charge on any atom is 0.305 e. The van der Waals surface area contributed by atoms with Crippen LogP contribution < -0.4 is 10.9 Å². The Morgan fingerprint density at radius 2 is 1.90 bits per heavy atom. The highest BCUT2D eigenvalue weighted by Crippen LogP contribution is 2.26. The standard InChI is InChI=1S/C19H14BrF2N3O4/c20-12-4-2-1-3-11(12)14(9-18(27)28)23-19(29)15-8-17(26)25(24-15)16-6-5-10(21)7-13(16)22/h1-8,14,24H,9H2,(H,23,29)(H,27,28)/t14-/m0/s1. The maximum atomic E-state index is 14.0. The SMILES string of the molecule is O=C(O)C[C@H](NC(=O)c1cc(=O)n(-c2ccc(F)cc2F)[nH]1)c1ccccc1Br. The van der Waals surface area contributed by atoms with Crippen LogP contribution in [0, 0.1) is 11.6 Å². The molecule has 29 heavy (non-hydrogen) atoms. The molecular formula is C19H14BrF2N3O4. The number of carbonyl (C=O) groups is 2. The number of nitrogens with one attached hydrogen (secondary N) is 2. The largest absolute Gasteiger partial charge is 0.481 e. The van der Waals surface area contributed by atoms with E-state index in [1.54, 1.807) is 24.3 Å². The topological polar surface area (TPSA) is 104 Å². The van der Waals surface area contributed by atoms with Crippen molar-refractivity contribution in [1.82, 2.24) is 15.1 Å². The lowest BCUT2D eigenvalue weighted by molar-refractivity contribution is -0.137. The lowest BCUT2D eigenvalue weighted by Gasteiger charge is -2.18. The van der Waals surface area contributed by atoms with Gasteiger partial charge in [-0.25, -0.2) is 13.5 Å². The number of halogens is 3. The van der Waals surface area contributed by atoms with E-state index in [1.165, 1.54) is 0 Å². The van der Waals surface area contributed by atoms with Gasteiger partial charge in [0.1, 0.15) is 17.2 Å². The fraction of sp³-hybridized carbons (Fsp3) is 0.105. The summed E-state index contributed by atoms with van der Waals surface area (Å²) in [7, 11) is 0. The van der Waals surface area contributed by atoms with Gasteiger partial charge in [0.2, 0.25) is 0 Å².